The van der Waals surface area contributed by atoms with E-state index in [2.05, 4.69) is 21.8 Å². The van der Waals surface area contributed by atoms with Gasteiger partial charge in [-0.15, -0.1) is 0 Å². The topological polar surface area (TPSA) is 103 Å². The quantitative estimate of drug-likeness (QED) is 0.261. The number of aromatic amines is 1. The second kappa shape index (κ2) is 13.1. The van der Waals surface area contributed by atoms with Crippen LogP contribution in [0, 0.1) is 13.8 Å². The van der Waals surface area contributed by atoms with Crippen molar-refractivity contribution in [2.24, 2.45) is 0 Å². The van der Waals surface area contributed by atoms with Crippen LogP contribution in [0.15, 0.2) is 42.2 Å². The third kappa shape index (κ3) is 9.32. The summed E-state index contributed by atoms with van der Waals surface area (Å²) in [5, 5.41) is 2.56. The molecule has 0 aromatic carbocycles. The molecule has 2 heterocycles. The van der Waals surface area contributed by atoms with Crippen LogP contribution in [0.4, 0.5) is 13.2 Å². The Hall–Kier alpha value is -3.12. The van der Waals surface area contributed by atoms with Crippen LogP contribution in [-0.2, 0) is 14.6 Å². The molecular formula is C26H35F3N4O4S. The molecule has 1 aromatic rings. The summed E-state index contributed by atoms with van der Waals surface area (Å²) in [6.07, 6.45) is 1.10. The smallest absolute Gasteiger partial charge is 0.358 e. The van der Waals surface area contributed by atoms with Crippen molar-refractivity contribution in [3.63, 3.8) is 0 Å². The van der Waals surface area contributed by atoms with E-state index in [1.54, 1.807) is 31.7 Å². The highest BCUT2D eigenvalue weighted by Crippen LogP contribution is 2.25. The zero-order valence-corrected chi connectivity index (χ0v) is 22.9. The van der Waals surface area contributed by atoms with Gasteiger partial charge in [-0.2, -0.15) is 13.2 Å². The number of carbonyl (C=O) groups excluding carboxylic acids is 2. The Kier molecular flexibility index (Phi) is 10.7. The lowest BCUT2D eigenvalue weighted by molar-refractivity contribution is -0.126. The number of allylic oxidation sites excluding steroid dienone is 1. The maximum Gasteiger partial charge on any atom is 0.392 e. The molecule has 12 heteroatoms. The van der Waals surface area contributed by atoms with Gasteiger partial charge in [-0.1, -0.05) is 30.4 Å². The SMILES string of the molecule is C=C(CC(F)(F)F)CS(=O)(=O)CC=CC(=Cc1[nH]c(C)c(C(=O)N2CCN(C)CC2)c1C)C(=O)NC=CC. The van der Waals surface area contributed by atoms with Gasteiger partial charge in [-0.05, 0) is 45.7 Å². The second-order valence-electron chi connectivity index (χ2n) is 9.33. The number of hydrogen-bond acceptors (Lipinski definition) is 5. The zero-order valence-electron chi connectivity index (χ0n) is 22.1. The lowest BCUT2D eigenvalue weighted by Gasteiger charge is -2.32. The molecule has 0 unspecified atom stereocenters. The van der Waals surface area contributed by atoms with Crippen LogP contribution in [0.25, 0.3) is 6.08 Å². The van der Waals surface area contributed by atoms with Gasteiger partial charge in [0.15, 0.2) is 9.84 Å². The van der Waals surface area contributed by atoms with Crippen LogP contribution < -0.4 is 5.32 Å². The van der Waals surface area contributed by atoms with Crippen LogP contribution >= 0.6 is 0 Å². The Balaban J connectivity index is 2.30. The predicted octanol–water partition coefficient (Wildman–Crippen LogP) is 3.53. The fourth-order valence-electron chi connectivity index (χ4n) is 4.02. The third-order valence-corrected chi connectivity index (χ3v) is 7.49. The van der Waals surface area contributed by atoms with Crippen LogP contribution in [0.2, 0.25) is 0 Å². The maximum atomic E-state index is 13.2. The highest BCUT2D eigenvalue weighted by molar-refractivity contribution is 7.91. The van der Waals surface area contributed by atoms with Crippen molar-refractivity contribution in [3.8, 4) is 0 Å². The Morgan fingerprint density at radius 3 is 2.37 bits per heavy atom. The molecule has 1 aliphatic heterocycles. The Morgan fingerprint density at radius 1 is 1.16 bits per heavy atom. The number of sulfone groups is 1. The van der Waals surface area contributed by atoms with E-state index in [1.165, 1.54) is 24.4 Å². The first-order valence-corrected chi connectivity index (χ1v) is 13.9. The van der Waals surface area contributed by atoms with Gasteiger partial charge in [-0.25, -0.2) is 8.42 Å². The van der Waals surface area contributed by atoms with Gasteiger partial charge in [0.1, 0.15) is 0 Å². The summed E-state index contributed by atoms with van der Waals surface area (Å²) in [5.74, 6) is -2.03. The minimum Gasteiger partial charge on any atom is -0.358 e. The predicted molar refractivity (Wildman–Crippen MR) is 142 cm³/mol. The monoisotopic (exact) mass is 556 g/mol. The van der Waals surface area contributed by atoms with Crippen molar-refractivity contribution >= 4 is 27.7 Å². The van der Waals surface area contributed by atoms with E-state index in [4.69, 9.17) is 0 Å². The number of carbonyl (C=O) groups is 2. The molecule has 0 atom stereocenters. The molecule has 1 saturated heterocycles. The summed E-state index contributed by atoms with van der Waals surface area (Å²) in [6.45, 7) is 11.2. The number of aryl methyl sites for hydroxylation is 1. The van der Waals surface area contributed by atoms with Gasteiger partial charge >= 0.3 is 6.18 Å². The summed E-state index contributed by atoms with van der Waals surface area (Å²) >= 11 is 0. The Bertz CT molecular complexity index is 1240. The van der Waals surface area contributed by atoms with E-state index in [0.717, 1.165) is 13.1 Å². The molecule has 0 aliphatic carbocycles. The number of nitrogens with one attached hydrogen (secondary N) is 2. The molecule has 2 N–H and O–H groups in total. The van der Waals surface area contributed by atoms with Crippen LogP contribution in [0.5, 0.6) is 0 Å². The molecule has 38 heavy (non-hydrogen) atoms. The number of likely N-dealkylation sites (N-methyl/N-ethyl adjacent to an activating group) is 1. The van der Waals surface area contributed by atoms with E-state index in [9.17, 15) is 31.2 Å². The summed E-state index contributed by atoms with van der Waals surface area (Å²) in [6, 6.07) is 0. The molecule has 1 aliphatic rings. The van der Waals surface area contributed by atoms with E-state index in [-0.39, 0.29) is 11.5 Å². The number of alkyl halides is 3. The van der Waals surface area contributed by atoms with E-state index in [0.29, 0.717) is 35.6 Å². The Labute approximate surface area is 221 Å². The van der Waals surface area contributed by atoms with Gasteiger partial charge in [-0.3, -0.25) is 9.59 Å². The normalized spacial score (nSPS) is 16.0. The van der Waals surface area contributed by atoms with Crippen LogP contribution in [-0.4, -0.2) is 85.9 Å². The lowest BCUT2D eigenvalue weighted by Crippen LogP contribution is -2.47. The molecule has 8 nitrogen and oxygen atoms in total. The first-order chi connectivity index (χ1) is 17.6. The van der Waals surface area contributed by atoms with Gasteiger partial charge in [0.2, 0.25) is 0 Å². The van der Waals surface area contributed by atoms with Crippen LogP contribution in [0.1, 0.15) is 40.7 Å². The summed E-state index contributed by atoms with van der Waals surface area (Å²) in [5.41, 5.74) is 1.95. The number of halogens is 3. The minimum absolute atomic E-state index is 0.0929. The molecule has 2 rings (SSSR count). The molecule has 1 fully saturated rings. The minimum atomic E-state index is -4.54. The van der Waals surface area contributed by atoms with E-state index >= 15 is 0 Å². The molecule has 0 radical (unpaired) electrons. The number of aromatic nitrogens is 1. The molecule has 210 valence electrons. The fraction of sp³-hybridized carbons (Fsp3) is 0.462. The van der Waals surface area contributed by atoms with E-state index < -0.39 is 45.4 Å². The maximum absolute atomic E-state index is 13.2. The Morgan fingerprint density at radius 2 is 1.79 bits per heavy atom. The highest BCUT2D eigenvalue weighted by atomic mass is 32.2. The zero-order chi connectivity index (χ0) is 28.7. The van der Waals surface area contributed by atoms with Crippen molar-refractivity contribution in [2.45, 2.75) is 33.4 Å². The summed E-state index contributed by atoms with van der Waals surface area (Å²) in [7, 11) is -1.93. The third-order valence-electron chi connectivity index (χ3n) is 5.95. The van der Waals surface area contributed by atoms with Gasteiger partial charge < -0.3 is 20.1 Å². The van der Waals surface area contributed by atoms with Crippen molar-refractivity contribution in [1.29, 1.82) is 0 Å². The first-order valence-electron chi connectivity index (χ1n) is 12.0. The van der Waals surface area contributed by atoms with Crippen molar-refractivity contribution in [2.75, 3.05) is 44.7 Å². The summed E-state index contributed by atoms with van der Waals surface area (Å²) < 4.78 is 62.1. The number of rotatable bonds is 10. The largest absolute Gasteiger partial charge is 0.392 e. The molecular weight excluding hydrogens is 521 g/mol. The molecule has 2 amide bonds. The fourth-order valence-corrected chi connectivity index (χ4v) is 5.25. The summed E-state index contributed by atoms with van der Waals surface area (Å²) in [4.78, 5) is 33.0. The van der Waals surface area contributed by atoms with Crippen LogP contribution in [0.3, 0.4) is 0 Å². The standard InChI is InChI=1S/C26H35F3N4O4S/c1-6-9-30-24(34)21(8-7-14-38(36,37)17-18(2)16-26(27,28)29)15-22-19(3)23(20(4)31-22)25(35)33-12-10-32(5)11-13-33/h6-9,15,31H,2,10-14,16-17H2,1,3-5H3,(H,30,34). The van der Waals surface area contributed by atoms with Crippen molar-refractivity contribution < 1.29 is 31.2 Å². The van der Waals surface area contributed by atoms with Gasteiger partial charge in [0, 0.05) is 43.1 Å². The number of hydrogen-bond donors (Lipinski definition) is 2. The highest BCUT2D eigenvalue weighted by Gasteiger charge is 2.29. The number of H-pyrrole nitrogens is 1. The van der Waals surface area contributed by atoms with Gasteiger partial charge in [0.25, 0.3) is 11.8 Å². The average Bonchev–Trinajstić information content (AvgIpc) is 3.07. The molecule has 0 saturated carbocycles. The van der Waals surface area contributed by atoms with E-state index in [1.807, 2.05) is 7.05 Å². The average molecular weight is 557 g/mol. The first kappa shape index (κ1) is 31.1. The number of piperazine rings is 1. The molecule has 0 bridgehead atoms. The lowest BCUT2D eigenvalue weighted by atomic mass is 10.1. The van der Waals surface area contributed by atoms with Crippen molar-refractivity contribution in [3.05, 3.63) is 64.7 Å². The van der Waals surface area contributed by atoms with Gasteiger partial charge in [0.05, 0.1) is 23.5 Å². The number of amides is 2. The van der Waals surface area contributed by atoms with Crippen molar-refractivity contribution in [1.82, 2.24) is 20.1 Å². The second-order valence-corrected chi connectivity index (χ2v) is 11.4. The molecule has 0 spiro atoms. The molecule has 1 aromatic heterocycles. The number of nitrogens with zero attached hydrogens (tertiary/aromatic N) is 2.